The quantitative estimate of drug-likeness (QED) is 0.449. The van der Waals surface area contributed by atoms with Crippen molar-refractivity contribution >= 4 is 11.6 Å². The molecule has 0 radical (unpaired) electrons. The number of anilines is 1. The molecule has 2 rings (SSSR count). The summed E-state index contributed by atoms with van der Waals surface area (Å²) >= 11 is 0. The van der Waals surface area contributed by atoms with Gasteiger partial charge in [-0.1, -0.05) is 6.92 Å². The number of hydrogen-bond donors (Lipinski definition) is 2. The van der Waals surface area contributed by atoms with Crippen LogP contribution < -0.4 is 25.0 Å². The van der Waals surface area contributed by atoms with Crippen LogP contribution in [0.4, 0.5) is 5.69 Å². The predicted molar refractivity (Wildman–Crippen MR) is 126 cm³/mol. The Hall–Kier alpha value is -2.15. The van der Waals surface area contributed by atoms with Gasteiger partial charge in [0.2, 0.25) is 0 Å². The number of aliphatic imine (C=N–C) groups is 1. The van der Waals surface area contributed by atoms with Crippen LogP contribution in [0, 0.1) is 0 Å². The topological polar surface area (TPSA) is 61.4 Å². The lowest BCUT2D eigenvalue weighted by molar-refractivity contribution is 0.259. The minimum absolute atomic E-state index is 0.429. The first kappa shape index (κ1) is 24.1. The van der Waals surface area contributed by atoms with E-state index in [1.165, 1.54) is 0 Å². The molecule has 7 heteroatoms. The van der Waals surface area contributed by atoms with Crippen molar-refractivity contribution in [3.05, 3.63) is 18.2 Å². The summed E-state index contributed by atoms with van der Waals surface area (Å²) in [5.74, 6) is 2.58. The first-order valence-electron chi connectivity index (χ1n) is 11.2. The van der Waals surface area contributed by atoms with Gasteiger partial charge in [0.05, 0.1) is 20.8 Å². The van der Waals surface area contributed by atoms with E-state index >= 15 is 0 Å². The number of ether oxygens (including phenoxy) is 2. The molecule has 1 unspecified atom stereocenters. The standard InChI is InChI=1S/C23H41N5O2/c1-7-18(3)27(4)14-11-25-23(24-8-2)26-19-9-12-28(13-10-19)20-15-21(29-5)17-22(16-20)30-6/h15-19H,7-14H2,1-6H3,(H2,24,25,26). The molecule has 1 aromatic carbocycles. The van der Waals surface area contributed by atoms with Crippen LogP contribution in [0.25, 0.3) is 0 Å². The lowest BCUT2D eigenvalue weighted by Crippen LogP contribution is -2.49. The summed E-state index contributed by atoms with van der Waals surface area (Å²) in [6.45, 7) is 11.2. The van der Waals surface area contributed by atoms with E-state index in [2.05, 4.69) is 60.4 Å². The van der Waals surface area contributed by atoms with Gasteiger partial charge in [0, 0.05) is 62.1 Å². The zero-order valence-electron chi connectivity index (χ0n) is 19.7. The lowest BCUT2D eigenvalue weighted by atomic mass is 10.0. The molecule has 2 N–H and O–H groups in total. The Morgan fingerprint density at radius 3 is 2.33 bits per heavy atom. The minimum atomic E-state index is 0.429. The molecule has 30 heavy (non-hydrogen) atoms. The van der Waals surface area contributed by atoms with Gasteiger partial charge in [0.15, 0.2) is 5.96 Å². The van der Waals surface area contributed by atoms with Crippen molar-refractivity contribution in [2.75, 3.05) is 58.9 Å². The van der Waals surface area contributed by atoms with Gasteiger partial charge in [0.25, 0.3) is 0 Å². The van der Waals surface area contributed by atoms with E-state index < -0.39 is 0 Å². The second-order valence-corrected chi connectivity index (χ2v) is 7.98. The molecule has 1 aliphatic rings. The average Bonchev–Trinajstić information content (AvgIpc) is 2.78. The number of guanidine groups is 1. The maximum atomic E-state index is 5.42. The van der Waals surface area contributed by atoms with Crippen LogP contribution in [0.1, 0.15) is 40.0 Å². The summed E-state index contributed by atoms with van der Waals surface area (Å²) < 4.78 is 10.8. The molecule has 0 bridgehead atoms. The maximum absolute atomic E-state index is 5.42. The molecular weight excluding hydrogens is 378 g/mol. The van der Waals surface area contributed by atoms with Gasteiger partial charge in [-0.3, -0.25) is 4.99 Å². The van der Waals surface area contributed by atoms with Crippen LogP contribution in [0.2, 0.25) is 0 Å². The normalized spacial score (nSPS) is 16.5. The fraction of sp³-hybridized carbons (Fsp3) is 0.696. The Bertz CT molecular complexity index is 637. The first-order valence-corrected chi connectivity index (χ1v) is 11.2. The molecule has 1 aromatic rings. The summed E-state index contributed by atoms with van der Waals surface area (Å²) in [4.78, 5) is 9.56. The van der Waals surface area contributed by atoms with Gasteiger partial charge in [-0.05, 0) is 40.2 Å². The van der Waals surface area contributed by atoms with Gasteiger partial charge in [-0.25, -0.2) is 0 Å². The third-order valence-electron chi connectivity index (χ3n) is 5.95. The van der Waals surface area contributed by atoms with E-state index in [9.17, 15) is 0 Å². The summed E-state index contributed by atoms with van der Waals surface area (Å²) in [7, 11) is 5.56. The van der Waals surface area contributed by atoms with Crippen molar-refractivity contribution < 1.29 is 9.47 Å². The number of hydrogen-bond acceptors (Lipinski definition) is 5. The van der Waals surface area contributed by atoms with Crippen LogP contribution >= 0.6 is 0 Å². The van der Waals surface area contributed by atoms with Crippen molar-refractivity contribution in [3.8, 4) is 11.5 Å². The van der Waals surface area contributed by atoms with Crippen molar-refractivity contribution in [2.24, 2.45) is 4.99 Å². The van der Waals surface area contributed by atoms with Crippen molar-refractivity contribution in [1.82, 2.24) is 15.5 Å². The SMILES string of the molecule is CCNC(=NCCN(C)C(C)CC)NC1CCN(c2cc(OC)cc(OC)c2)CC1. The Morgan fingerprint density at radius 2 is 1.80 bits per heavy atom. The molecule has 1 atom stereocenters. The van der Waals surface area contributed by atoms with E-state index in [4.69, 9.17) is 14.5 Å². The van der Waals surface area contributed by atoms with Crippen molar-refractivity contribution in [3.63, 3.8) is 0 Å². The van der Waals surface area contributed by atoms with Crippen molar-refractivity contribution in [1.29, 1.82) is 0 Å². The summed E-state index contributed by atoms with van der Waals surface area (Å²) in [6.07, 6.45) is 3.30. The highest BCUT2D eigenvalue weighted by atomic mass is 16.5. The Kier molecular flexibility index (Phi) is 10.1. The fourth-order valence-electron chi connectivity index (χ4n) is 3.62. The molecule has 1 fully saturated rings. The molecule has 1 heterocycles. The fourth-order valence-corrected chi connectivity index (χ4v) is 3.62. The number of nitrogens with zero attached hydrogens (tertiary/aromatic N) is 3. The highest BCUT2D eigenvalue weighted by molar-refractivity contribution is 5.80. The number of piperidine rings is 1. The van der Waals surface area contributed by atoms with E-state index in [1.807, 2.05) is 6.07 Å². The molecule has 1 aliphatic heterocycles. The second-order valence-electron chi connectivity index (χ2n) is 7.98. The second kappa shape index (κ2) is 12.5. The average molecular weight is 420 g/mol. The van der Waals surface area contributed by atoms with Crippen LogP contribution in [-0.2, 0) is 0 Å². The summed E-state index contributed by atoms with van der Waals surface area (Å²) in [5, 5.41) is 7.03. The molecular formula is C23H41N5O2. The first-order chi connectivity index (χ1) is 14.5. The predicted octanol–water partition coefficient (Wildman–Crippen LogP) is 2.96. The molecule has 0 amide bonds. The third kappa shape index (κ3) is 7.27. The minimum Gasteiger partial charge on any atom is -0.497 e. The zero-order chi connectivity index (χ0) is 21.9. The van der Waals surface area contributed by atoms with Gasteiger partial charge in [-0.15, -0.1) is 0 Å². The molecule has 170 valence electrons. The van der Waals surface area contributed by atoms with Crippen LogP contribution in [0.3, 0.4) is 0 Å². The number of benzene rings is 1. The smallest absolute Gasteiger partial charge is 0.191 e. The molecule has 7 nitrogen and oxygen atoms in total. The van der Waals surface area contributed by atoms with Gasteiger partial charge in [0.1, 0.15) is 11.5 Å². The van der Waals surface area contributed by atoms with Gasteiger partial charge < -0.3 is 29.9 Å². The van der Waals surface area contributed by atoms with E-state index in [0.29, 0.717) is 12.1 Å². The van der Waals surface area contributed by atoms with Crippen LogP contribution in [0.5, 0.6) is 11.5 Å². The highest BCUT2D eigenvalue weighted by Crippen LogP contribution is 2.30. The Labute approximate surface area is 182 Å². The molecule has 1 saturated heterocycles. The Balaban J connectivity index is 1.89. The number of rotatable bonds is 10. The third-order valence-corrected chi connectivity index (χ3v) is 5.95. The molecule has 0 spiro atoms. The number of likely N-dealkylation sites (N-methyl/N-ethyl adjacent to an activating group) is 1. The van der Waals surface area contributed by atoms with E-state index in [0.717, 1.165) is 75.1 Å². The molecule has 0 aromatic heterocycles. The monoisotopic (exact) mass is 419 g/mol. The number of nitrogens with one attached hydrogen (secondary N) is 2. The summed E-state index contributed by atoms with van der Waals surface area (Å²) in [6, 6.07) is 7.09. The zero-order valence-corrected chi connectivity index (χ0v) is 19.7. The van der Waals surface area contributed by atoms with Crippen LogP contribution in [0.15, 0.2) is 23.2 Å². The van der Waals surface area contributed by atoms with Gasteiger partial charge >= 0.3 is 0 Å². The highest BCUT2D eigenvalue weighted by Gasteiger charge is 2.21. The summed E-state index contributed by atoms with van der Waals surface area (Å²) in [5.41, 5.74) is 1.15. The molecule has 0 aliphatic carbocycles. The maximum Gasteiger partial charge on any atom is 0.191 e. The van der Waals surface area contributed by atoms with Crippen molar-refractivity contribution in [2.45, 2.75) is 52.1 Å². The number of methoxy groups -OCH3 is 2. The van der Waals surface area contributed by atoms with E-state index in [1.54, 1.807) is 14.2 Å². The lowest BCUT2D eigenvalue weighted by Gasteiger charge is -2.35. The largest absolute Gasteiger partial charge is 0.497 e. The van der Waals surface area contributed by atoms with Crippen LogP contribution in [-0.4, -0.2) is 76.9 Å². The van der Waals surface area contributed by atoms with E-state index in [-0.39, 0.29) is 0 Å². The van der Waals surface area contributed by atoms with Gasteiger partial charge in [-0.2, -0.15) is 0 Å². The molecule has 0 saturated carbocycles. The Morgan fingerprint density at radius 1 is 1.17 bits per heavy atom.